The average Bonchev–Trinajstić information content (AvgIpc) is 2.85. The first-order chi connectivity index (χ1) is 16.2. The van der Waals surface area contributed by atoms with Crippen molar-refractivity contribution in [1.82, 2.24) is 10.3 Å². The molecule has 0 aliphatic heterocycles. The molecule has 9 heteroatoms. The minimum absolute atomic E-state index is 0.0152. The number of alkyl halides is 5. The number of aromatic nitrogens is 1. The first kappa shape index (κ1) is 29.4. The van der Waals surface area contributed by atoms with E-state index in [4.69, 9.17) is 4.74 Å². The maximum atomic E-state index is 12.7. The van der Waals surface area contributed by atoms with Crippen LogP contribution in [-0.2, 0) is 6.18 Å². The van der Waals surface area contributed by atoms with Gasteiger partial charge in [0.05, 0.1) is 7.11 Å². The summed E-state index contributed by atoms with van der Waals surface area (Å²) in [5.74, 6) is 0.880. The Labute approximate surface area is 198 Å². The molecule has 190 valence electrons. The molecule has 1 fully saturated rings. The second kappa shape index (κ2) is 14.6. The molecule has 1 aromatic heterocycles. The van der Waals surface area contributed by atoms with Crippen LogP contribution in [0.3, 0.4) is 0 Å². The van der Waals surface area contributed by atoms with Crippen molar-refractivity contribution < 1.29 is 26.7 Å². The number of benzene rings is 1. The highest BCUT2D eigenvalue weighted by molar-refractivity contribution is 5.48. The zero-order valence-corrected chi connectivity index (χ0v) is 20.1. The molecule has 2 N–H and O–H groups in total. The Kier molecular flexibility index (Phi) is 12.6. The van der Waals surface area contributed by atoms with Gasteiger partial charge >= 0.3 is 6.18 Å². The molecule has 4 nitrogen and oxygen atoms in total. The Morgan fingerprint density at radius 1 is 1.03 bits per heavy atom. The molecule has 1 aromatic carbocycles. The monoisotopic (exact) mass is 487 g/mol. The molecular formula is C25H34F5N3O. The second-order valence-electron chi connectivity index (χ2n) is 7.42. The third-order valence-electron chi connectivity index (χ3n) is 5.22. The fourth-order valence-electron chi connectivity index (χ4n) is 3.39. The van der Waals surface area contributed by atoms with E-state index in [-0.39, 0.29) is 11.7 Å². The summed E-state index contributed by atoms with van der Waals surface area (Å²) < 4.78 is 68.7. The Hall–Kier alpha value is -2.68. The number of anilines is 1. The number of hydrogen-bond acceptors (Lipinski definition) is 4. The summed E-state index contributed by atoms with van der Waals surface area (Å²) in [4.78, 5) is 3.00. The van der Waals surface area contributed by atoms with Crippen molar-refractivity contribution in [3.8, 4) is 5.75 Å². The molecule has 0 atom stereocenters. The fourth-order valence-corrected chi connectivity index (χ4v) is 3.39. The Bertz CT molecular complexity index is 849. The van der Waals surface area contributed by atoms with Crippen LogP contribution in [0.1, 0.15) is 62.9 Å². The van der Waals surface area contributed by atoms with Crippen LogP contribution in [-0.4, -0.2) is 31.2 Å². The summed E-state index contributed by atoms with van der Waals surface area (Å²) >= 11 is 0. The van der Waals surface area contributed by atoms with Gasteiger partial charge in [-0.3, -0.25) is 0 Å². The molecule has 0 amide bonds. The second-order valence-corrected chi connectivity index (χ2v) is 7.42. The molecule has 0 spiro atoms. The molecule has 2 aromatic rings. The van der Waals surface area contributed by atoms with E-state index in [1.54, 1.807) is 13.2 Å². The number of pyridine rings is 1. The van der Waals surface area contributed by atoms with E-state index in [0.717, 1.165) is 49.1 Å². The van der Waals surface area contributed by atoms with Crippen LogP contribution in [0.4, 0.5) is 27.6 Å². The van der Waals surface area contributed by atoms with Gasteiger partial charge in [0, 0.05) is 17.8 Å². The van der Waals surface area contributed by atoms with E-state index in [0.29, 0.717) is 6.04 Å². The van der Waals surface area contributed by atoms with Crippen LogP contribution in [0.5, 0.6) is 5.75 Å². The highest BCUT2D eigenvalue weighted by atomic mass is 19.4. The van der Waals surface area contributed by atoms with Gasteiger partial charge in [0.1, 0.15) is 17.1 Å². The minimum atomic E-state index is -4.74. The summed E-state index contributed by atoms with van der Waals surface area (Å²) in [6.07, 6.45) is -2.63. The lowest BCUT2D eigenvalue weighted by atomic mass is 9.91. The normalized spacial score (nSPS) is 17.6. The number of methoxy groups -OCH3 is 1. The summed E-state index contributed by atoms with van der Waals surface area (Å²) in [7, 11) is 3.52. The van der Waals surface area contributed by atoms with Gasteiger partial charge in [0.2, 0.25) is 0 Å². The predicted molar refractivity (Wildman–Crippen MR) is 127 cm³/mol. The van der Waals surface area contributed by atoms with Gasteiger partial charge in [-0.15, -0.1) is 0 Å². The van der Waals surface area contributed by atoms with Gasteiger partial charge in [-0.25, -0.2) is 13.8 Å². The molecule has 3 rings (SSSR count). The molecule has 1 aliphatic rings. The van der Waals surface area contributed by atoms with Gasteiger partial charge in [0.15, 0.2) is 0 Å². The molecular weight excluding hydrogens is 453 g/mol. The molecule has 0 saturated heterocycles. The summed E-state index contributed by atoms with van der Waals surface area (Å²) in [5.41, 5.74) is -0.996. The molecule has 34 heavy (non-hydrogen) atoms. The topological polar surface area (TPSA) is 46.2 Å². The first-order valence-electron chi connectivity index (χ1n) is 11.2. The van der Waals surface area contributed by atoms with Crippen LogP contribution in [0.15, 0.2) is 43.0 Å². The van der Waals surface area contributed by atoms with Gasteiger partial charge < -0.3 is 15.4 Å². The highest BCUT2D eigenvalue weighted by Gasteiger charge is 2.34. The standard InChI is InChI=1S/C14H18F5N3.C9H10O.C2H6/c1-20-8-2-4-9(5-3-8)21-10-6-11(13(15)16)22-12(7-10)14(17,18)19;1-3-8-4-6-9(10-2)7-5-8;1-2/h6-9,13,20H,2-5H2,1H3,(H,21,22);3-7H,1H2,2H3;1-2H3. The van der Waals surface area contributed by atoms with Crippen molar-refractivity contribution in [2.75, 3.05) is 19.5 Å². The SMILES string of the molecule is C=Cc1ccc(OC)cc1.CC.CNC1CCC(Nc2cc(C(F)F)nc(C(F)(F)F)c2)CC1. The quantitative estimate of drug-likeness (QED) is 0.419. The molecule has 0 unspecified atom stereocenters. The maximum absolute atomic E-state index is 12.7. The van der Waals surface area contributed by atoms with Crippen molar-refractivity contribution in [2.45, 2.75) is 64.2 Å². The number of nitrogens with one attached hydrogen (secondary N) is 2. The van der Waals surface area contributed by atoms with Crippen molar-refractivity contribution in [3.63, 3.8) is 0 Å². The number of halogens is 5. The predicted octanol–water partition coefficient (Wildman–Crippen LogP) is 7.34. The average molecular weight is 488 g/mol. The third-order valence-corrected chi connectivity index (χ3v) is 5.22. The Morgan fingerprint density at radius 3 is 2.03 bits per heavy atom. The lowest BCUT2D eigenvalue weighted by Gasteiger charge is -2.29. The zero-order valence-electron chi connectivity index (χ0n) is 20.1. The van der Waals surface area contributed by atoms with Crippen LogP contribution in [0.2, 0.25) is 0 Å². The lowest BCUT2D eigenvalue weighted by molar-refractivity contribution is -0.141. The van der Waals surface area contributed by atoms with Crippen molar-refractivity contribution in [1.29, 1.82) is 0 Å². The van der Waals surface area contributed by atoms with E-state index in [1.807, 2.05) is 45.2 Å². The number of hydrogen-bond donors (Lipinski definition) is 2. The van der Waals surface area contributed by atoms with Crippen molar-refractivity contribution >= 4 is 11.8 Å². The largest absolute Gasteiger partial charge is 0.497 e. The lowest BCUT2D eigenvalue weighted by Crippen LogP contribution is -2.35. The van der Waals surface area contributed by atoms with Crippen LogP contribution >= 0.6 is 0 Å². The number of nitrogens with zero attached hydrogens (tertiary/aromatic N) is 1. The molecule has 1 heterocycles. The maximum Gasteiger partial charge on any atom is 0.433 e. The third kappa shape index (κ3) is 9.67. The molecule has 0 radical (unpaired) electrons. The molecule has 0 bridgehead atoms. The Balaban J connectivity index is 0.000000402. The molecule has 1 aliphatic carbocycles. The molecule has 1 saturated carbocycles. The number of rotatable bonds is 6. The van der Waals surface area contributed by atoms with E-state index in [2.05, 4.69) is 22.2 Å². The van der Waals surface area contributed by atoms with E-state index >= 15 is 0 Å². The number of ether oxygens (including phenoxy) is 1. The van der Waals surface area contributed by atoms with Crippen LogP contribution < -0.4 is 15.4 Å². The van der Waals surface area contributed by atoms with Crippen LogP contribution in [0.25, 0.3) is 6.08 Å². The zero-order chi connectivity index (χ0) is 25.7. The van der Waals surface area contributed by atoms with E-state index in [9.17, 15) is 22.0 Å². The van der Waals surface area contributed by atoms with Crippen molar-refractivity contribution in [2.24, 2.45) is 0 Å². The summed E-state index contributed by atoms with van der Waals surface area (Å²) in [6.45, 7) is 7.65. The Morgan fingerprint density at radius 2 is 1.59 bits per heavy atom. The van der Waals surface area contributed by atoms with E-state index in [1.165, 1.54) is 0 Å². The van der Waals surface area contributed by atoms with Gasteiger partial charge in [-0.1, -0.05) is 38.6 Å². The van der Waals surface area contributed by atoms with Gasteiger partial charge in [-0.2, -0.15) is 13.2 Å². The fraction of sp³-hybridized carbons (Fsp3) is 0.480. The minimum Gasteiger partial charge on any atom is -0.497 e. The smallest absolute Gasteiger partial charge is 0.433 e. The van der Waals surface area contributed by atoms with Gasteiger partial charge in [-0.05, 0) is 62.6 Å². The van der Waals surface area contributed by atoms with E-state index < -0.39 is 24.0 Å². The first-order valence-corrected chi connectivity index (χ1v) is 11.2. The van der Waals surface area contributed by atoms with Crippen LogP contribution in [0, 0.1) is 0 Å². The highest BCUT2D eigenvalue weighted by Crippen LogP contribution is 2.33. The van der Waals surface area contributed by atoms with Crippen molar-refractivity contribution in [3.05, 3.63) is 59.9 Å². The summed E-state index contributed by atoms with van der Waals surface area (Å²) in [5, 5.41) is 6.09. The summed E-state index contributed by atoms with van der Waals surface area (Å²) in [6, 6.07) is 9.92. The van der Waals surface area contributed by atoms with Gasteiger partial charge in [0.25, 0.3) is 6.43 Å².